The third-order valence-electron chi connectivity index (χ3n) is 5.21. The summed E-state index contributed by atoms with van der Waals surface area (Å²) in [5.41, 5.74) is 5.03. The number of hydrogen-bond donors (Lipinski definition) is 3. The summed E-state index contributed by atoms with van der Waals surface area (Å²) in [5.74, 6) is -0.603. The fraction of sp³-hybridized carbons (Fsp3) is 0.280. The minimum absolute atomic E-state index is 0.0181. The summed E-state index contributed by atoms with van der Waals surface area (Å²) in [4.78, 5) is 26.3. The number of amides is 1. The predicted octanol–water partition coefficient (Wildman–Crippen LogP) is 3.28. The van der Waals surface area contributed by atoms with Crippen LogP contribution in [0.2, 0.25) is 0 Å². The molecule has 2 atom stereocenters. The fourth-order valence-electron chi connectivity index (χ4n) is 3.90. The highest BCUT2D eigenvalue weighted by atomic mass is 16.5. The Morgan fingerprint density at radius 2 is 1.58 bits per heavy atom. The number of hydroxylamine groups is 1. The zero-order valence-corrected chi connectivity index (χ0v) is 17.9. The normalized spacial score (nSPS) is 19.7. The second kappa shape index (κ2) is 10.8. The Kier molecular flexibility index (Phi) is 7.89. The monoisotopic (exact) mass is 419 g/mol. The summed E-state index contributed by atoms with van der Waals surface area (Å²) < 4.78 is 0. The lowest BCUT2D eigenvalue weighted by Gasteiger charge is -2.36. The van der Waals surface area contributed by atoms with Crippen LogP contribution < -0.4 is 10.8 Å². The zero-order valence-electron chi connectivity index (χ0n) is 17.9. The Labute approximate surface area is 183 Å². The van der Waals surface area contributed by atoms with Gasteiger partial charge in [0.1, 0.15) is 0 Å². The summed E-state index contributed by atoms with van der Waals surface area (Å²) >= 11 is 0. The molecule has 2 aromatic rings. The van der Waals surface area contributed by atoms with Crippen LogP contribution in [0.1, 0.15) is 40.9 Å². The molecule has 0 bridgehead atoms. The maximum Gasteiger partial charge on any atom is 0.267 e. The molecule has 0 aromatic heterocycles. The third-order valence-corrected chi connectivity index (χ3v) is 5.21. The van der Waals surface area contributed by atoms with E-state index in [4.69, 9.17) is 5.21 Å². The van der Waals surface area contributed by atoms with Crippen LogP contribution in [0.25, 0.3) is 12.2 Å². The van der Waals surface area contributed by atoms with E-state index in [-0.39, 0.29) is 5.78 Å². The summed E-state index contributed by atoms with van der Waals surface area (Å²) in [6, 6.07) is 16.1. The number of piperazine rings is 1. The highest BCUT2D eigenvalue weighted by Crippen LogP contribution is 2.16. The van der Waals surface area contributed by atoms with Crippen LogP contribution in [0.5, 0.6) is 0 Å². The molecule has 1 heterocycles. The van der Waals surface area contributed by atoms with Gasteiger partial charge in [0.2, 0.25) is 0 Å². The number of allylic oxidation sites excluding steroid dienone is 1. The minimum atomic E-state index is -0.585. The van der Waals surface area contributed by atoms with Gasteiger partial charge in [0.15, 0.2) is 5.78 Å². The van der Waals surface area contributed by atoms with E-state index in [2.05, 4.69) is 24.1 Å². The first kappa shape index (κ1) is 22.6. The fourth-order valence-corrected chi connectivity index (χ4v) is 3.90. The quantitative estimate of drug-likeness (QED) is 0.278. The number of ketones is 1. The number of carbonyl (C=O) groups excluding carboxylic acids is 2. The topological polar surface area (TPSA) is 81.7 Å². The number of nitrogens with zero attached hydrogens (tertiary/aromatic N) is 1. The number of benzene rings is 2. The average Bonchev–Trinajstić information content (AvgIpc) is 2.76. The lowest BCUT2D eigenvalue weighted by Crippen LogP contribution is -2.53. The van der Waals surface area contributed by atoms with Crippen molar-refractivity contribution in [3.8, 4) is 0 Å². The lowest BCUT2D eigenvalue weighted by atomic mass is 10.0. The first-order valence-corrected chi connectivity index (χ1v) is 10.5. The Hall–Kier alpha value is -3.06. The number of rotatable bonds is 7. The number of hydrogen-bond acceptors (Lipinski definition) is 5. The molecule has 3 N–H and O–H groups in total. The van der Waals surface area contributed by atoms with Gasteiger partial charge in [-0.3, -0.25) is 19.7 Å². The van der Waals surface area contributed by atoms with Crippen molar-refractivity contribution >= 4 is 23.8 Å². The summed E-state index contributed by atoms with van der Waals surface area (Å²) in [6.45, 7) is 7.05. The lowest BCUT2D eigenvalue weighted by molar-refractivity contribution is -0.124. The van der Waals surface area contributed by atoms with Gasteiger partial charge in [0.05, 0.1) is 0 Å². The van der Waals surface area contributed by atoms with Crippen LogP contribution in [0.4, 0.5) is 0 Å². The number of nitrogens with one attached hydrogen (secondary N) is 2. The van der Waals surface area contributed by atoms with E-state index in [1.165, 1.54) is 6.08 Å². The first-order chi connectivity index (χ1) is 14.9. The molecule has 162 valence electrons. The van der Waals surface area contributed by atoms with E-state index in [0.717, 1.165) is 41.9 Å². The molecule has 6 nitrogen and oxygen atoms in total. The standard InChI is InChI=1S/C25H29N3O3/c1-18-15-28(16-19(2)26-18)17-22-5-3-4-6-23(22)24(29)13-11-20-7-9-21(10-8-20)12-14-25(30)27-31/h3-14,18-19,26,31H,15-17H2,1-2H3,(H,27,30)/t18-,19+. The molecular weight excluding hydrogens is 390 g/mol. The van der Waals surface area contributed by atoms with Crippen LogP contribution in [0.15, 0.2) is 60.7 Å². The van der Waals surface area contributed by atoms with Crippen molar-refractivity contribution in [3.63, 3.8) is 0 Å². The summed E-state index contributed by atoms with van der Waals surface area (Å²) in [6.07, 6.45) is 6.23. The predicted molar refractivity (Wildman–Crippen MR) is 123 cm³/mol. The van der Waals surface area contributed by atoms with Gasteiger partial charge in [-0.2, -0.15) is 0 Å². The van der Waals surface area contributed by atoms with Crippen molar-refractivity contribution in [2.75, 3.05) is 13.1 Å². The third kappa shape index (κ3) is 6.72. The van der Waals surface area contributed by atoms with E-state index in [1.54, 1.807) is 23.7 Å². The van der Waals surface area contributed by atoms with Crippen LogP contribution in [0, 0.1) is 0 Å². The Balaban J connectivity index is 1.67. The van der Waals surface area contributed by atoms with Crippen molar-refractivity contribution in [2.45, 2.75) is 32.5 Å². The second-order valence-electron chi connectivity index (χ2n) is 7.99. The molecular formula is C25H29N3O3. The molecule has 1 aliphatic heterocycles. The molecule has 3 rings (SSSR count). The van der Waals surface area contributed by atoms with E-state index in [0.29, 0.717) is 12.1 Å². The molecule has 0 aliphatic carbocycles. The van der Waals surface area contributed by atoms with Crippen LogP contribution >= 0.6 is 0 Å². The van der Waals surface area contributed by atoms with Crippen LogP contribution in [-0.2, 0) is 11.3 Å². The van der Waals surface area contributed by atoms with E-state index >= 15 is 0 Å². The van der Waals surface area contributed by atoms with Gasteiger partial charge < -0.3 is 5.32 Å². The van der Waals surface area contributed by atoms with Gasteiger partial charge in [0.25, 0.3) is 5.91 Å². The molecule has 6 heteroatoms. The van der Waals surface area contributed by atoms with Crippen LogP contribution in [-0.4, -0.2) is 47.0 Å². The molecule has 1 amide bonds. The number of carbonyl (C=O) groups is 2. The maximum absolute atomic E-state index is 12.9. The Morgan fingerprint density at radius 3 is 2.19 bits per heavy atom. The van der Waals surface area contributed by atoms with E-state index < -0.39 is 5.91 Å². The molecule has 1 saturated heterocycles. The summed E-state index contributed by atoms with van der Waals surface area (Å²) in [7, 11) is 0. The van der Waals surface area contributed by atoms with Crippen molar-refractivity contribution in [2.24, 2.45) is 0 Å². The Morgan fingerprint density at radius 1 is 1.00 bits per heavy atom. The largest absolute Gasteiger partial charge is 0.309 e. The van der Waals surface area contributed by atoms with Gasteiger partial charge in [0, 0.05) is 43.4 Å². The van der Waals surface area contributed by atoms with Crippen molar-refractivity contribution in [1.29, 1.82) is 0 Å². The second-order valence-corrected chi connectivity index (χ2v) is 7.99. The molecule has 2 aromatic carbocycles. The maximum atomic E-state index is 12.9. The summed E-state index contributed by atoms with van der Waals surface area (Å²) in [5, 5.41) is 12.0. The van der Waals surface area contributed by atoms with E-state index in [1.807, 2.05) is 48.5 Å². The minimum Gasteiger partial charge on any atom is -0.309 e. The highest BCUT2D eigenvalue weighted by molar-refractivity contribution is 6.07. The zero-order chi connectivity index (χ0) is 22.2. The van der Waals surface area contributed by atoms with Crippen molar-refractivity contribution in [1.82, 2.24) is 15.7 Å². The molecule has 31 heavy (non-hydrogen) atoms. The highest BCUT2D eigenvalue weighted by Gasteiger charge is 2.22. The molecule has 0 radical (unpaired) electrons. The van der Waals surface area contributed by atoms with Gasteiger partial charge >= 0.3 is 0 Å². The van der Waals surface area contributed by atoms with Crippen molar-refractivity contribution < 1.29 is 14.8 Å². The molecule has 0 unspecified atom stereocenters. The van der Waals surface area contributed by atoms with Gasteiger partial charge in [-0.15, -0.1) is 0 Å². The first-order valence-electron chi connectivity index (χ1n) is 10.5. The van der Waals surface area contributed by atoms with Gasteiger partial charge in [-0.1, -0.05) is 54.6 Å². The molecule has 0 saturated carbocycles. The van der Waals surface area contributed by atoms with Crippen molar-refractivity contribution in [3.05, 3.63) is 82.9 Å². The SMILES string of the molecule is C[C@@H]1CN(Cc2ccccc2C(=O)C=Cc2ccc(C=CC(=O)NO)cc2)C[C@H](C)N1. The smallest absolute Gasteiger partial charge is 0.267 e. The Bertz CT molecular complexity index is 956. The van der Waals surface area contributed by atoms with Gasteiger partial charge in [-0.05, 0) is 42.7 Å². The molecule has 0 spiro atoms. The van der Waals surface area contributed by atoms with Crippen LogP contribution in [0.3, 0.4) is 0 Å². The molecule has 1 aliphatic rings. The average molecular weight is 420 g/mol. The van der Waals surface area contributed by atoms with Gasteiger partial charge in [-0.25, -0.2) is 5.48 Å². The van der Waals surface area contributed by atoms with E-state index in [9.17, 15) is 9.59 Å². The molecule has 1 fully saturated rings.